The number of carbonyl (C=O) groups is 1. The number of aliphatic hydroxyl groups excluding tert-OH is 1. The molecule has 0 unspecified atom stereocenters. The number of carbonyl (C=O) groups excluding carboxylic acids is 1. The number of benzene rings is 1. The highest BCUT2D eigenvalue weighted by Gasteiger charge is 2.04. The lowest BCUT2D eigenvalue weighted by Gasteiger charge is -2.02. The molecule has 0 fully saturated rings. The average molecular weight is 219 g/mol. The van der Waals surface area contributed by atoms with Gasteiger partial charge in [-0.3, -0.25) is 4.79 Å². The fourth-order valence-electron chi connectivity index (χ4n) is 1.46. The minimum absolute atomic E-state index is 0.0266. The molecule has 0 aliphatic heterocycles. The van der Waals surface area contributed by atoms with Gasteiger partial charge in [0.2, 0.25) is 5.91 Å². The second-order valence-electron chi connectivity index (χ2n) is 3.48. The van der Waals surface area contributed by atoms with Gasteiger partial charge in [0.25, 0.3) is 0 Å². The van der Waals surface area contributed by atoms with Crippen LogP contribution in [0.15, 0.2) is 18.2 Å². The zero-order valence-corrected chi connectivity index (χ0v) is 8.95. The molecule has 1 aromatic carbocycles. The monoisotopic (exact) mass is 219 g/mol. The number of anilines is 1. The number of fused-ring (bicyclic) bond motifs is 1. The maximum atomic E-state index is 11.2. The Bertz CT molecular complexity index is 519. The molecular formula is C11H13N3O2. The summed E-state index contributed by atoms with van der Waals surface area (Å²) in [4.78, 5) is 18.3. The van der Waals surface area contributed by atoms with Crippen molar-refractivity contribution >= 4 is 22.6 Å². The second-order valence-corrected chi connectivity index (χ2v) is 3.48. The van der Waals surface area contributed by atoms with Crippen molar-refractivity contribution < 1.29 is 9.90 Å². The first-order valence-electron chi connectivity index (χ1n) is 5.12. The lowest BCUT2D eigenvalue weighted by molar-refractivity contribution is -0.115. The van der Waals surface area contributed by atoms with Crippen LogP contribution in [0.25, 0.3) is 11.0 Å². The van der Waals surface area contributed by atoms with Gasteiger partial charge in [0, 0.05) is 12.1 Å². The Morgan fingerprint density at radius 3 is 3.06 bits per heavy atom. The van der Waals surface area contributed by atoms with E-state index in [-0.39, 0.29) is 12.5 Å². The summed E-state index contributed by atoms with van der Waals surface area (Å²) in [6.45, 7) is 1.68. The number of H-pyrrole nitrogens is 1. The van der Waals surface area contributed by atoms with Crippen molar-refractivity contribution in [3.8, 4) is 0 Å². The lowest BCUT2D eigenvalue weighted by Crippen LogP contribution is -2.09. The number of hydrogen-bond acceptors (Lipinski definition) is 3. The number of aromatic amines is 1. The van der Waals surface area contributed by atoms with E-state index in [1.807, 2.05) is 0 Å². The first-order valence-corrected chi connectivity index (χ1v) is 5.12. The van der Waals surface area contributed by atoms with Crippen molar-refractivity contribution in [3.63, 3.8) is 0 Å². The van der Waals surface area contributed by atoms with Crippen LogP contribution in [0.5, 0.6) is 0 Å². The number of aliphatic hydroxyl groups is 1. The minimum atomic E-state index is -0.120. The van der Waals surface area contributed by atoms with Crippen molar-refractivity contribution in [2.45, 2.75) is 20.0 Å². The molecule has 0 atom stereocenters. The summed E-state index contributed by atoms with van der Waals surface area (Å²) in [5, 5.41) is 11.7. The van der Waals surface area contributed by atoms with Crippen LogP contribution in [0.1, 0.15) is 19.2 Å². The Labute approximate surface area is 92.5 Å². The molecule has 5 nitrogen and oxygen atoms in total. The molecule has 84 valence electrons. The summed E-state index contributed by atoms with van der Waals surface area (Å²) in [6, 6.07) is 5.39. The normalized spacial score (nSPS) is 10.6. The molecule has 0 saturated heterocycles. The summed E-state index contributed by atoms with van der Waals surface area (Å²) < 4.78 is 0. The van der Waals surface area contributed by atoms with Crippen LogP contribution < -0.4 is 5.32 Å². The van der Waals surface area contributed by atoms with E-state index < -0.39 is 0 Å². The molecule has 1 aromatic heterocycles. The number of amides is 1. The predicted molar refractivity (Wildman–Crippen MR) is 60.9 cm³/mol. The van der Waals surface area contributed by atoms with Gasteiger partial charge in [0.15, 0.2) is 0 Å². The minimum Gasteiger partial charge on any atom is -0.388 e. The van der Waals surface area contributed by atoms with Gasteiger partial charge < -0.3 is 15.4 Å². The summed E-state index contributed by atoms with van der Waals surface area (Å²) in [5.74, 6) is 0.496. The Morgan fingerprint density at radius 1 is 1.56 bits per heavy atom. The summed E-state index contributed by atoms with van der Waals surface area (Å²) in [6.07, 6.45) is 0.447. The Kier molecular flexibility index (Phi) is 2.87. The molecule has 0 aliphatic carbocycles. The van der Waals surface area contributed by atoms with E-state index in [1.165, 1.54) is 0 Å². The van der Waals surface area contributed by atoms with Gasteiger partial charge in [-0.05, 0) is 18.2 Å². The van der Waals surface area contributed by atoms with Crippen molar-refractivity contribution in [1.82, 2.24) is 9.97 Å². The molecule has 5 heteroatoms. The number of hydrogen-bond donors (Lipinski definition) is 3. The Balaban J connectivity index is 2.32. The van der Waals surface area contributed by atoms with E-state index in [1.54, 1.807) is 25.1 Å². The third-order valence-corrected chi connectivity index (χ3v) is 2.29. The fourth-order valence-corrected chi connectivity index (χ4v) is 1.46. The SMILES string of the molecule is CCC(=O)Nc1ccc2nc(CO)[nH]c2c1. The van der Waals surface area contributed by atoms with Gasteiger partial charge in [-0.1, -0.05) is 6.92 Å². The van der Waals surface area contributed by atoms with Gasteiger partial charge in [-0.2, -0.15) is 0 Å². The quantitative estimate of drug-likeness (QED) is 0.730. The van der Waals surface area contributed by atoms with Crippen molar-refractivity contribution in [2.24, 2.45) is 0 Å². The van der Waals surface area contributed by atoms with Crippen LogP contribution in [0.3, 0.4) is 0 Å². The van der Waals surface area contributed by atoms with Crippen molar-refractivity contribution in [3.05, 3.63) is 24.0 Å². The molecule has 1 heterocycles. The number of imidazole rings is 1. The van der Waals surface area contributed by atoms with E-state index in [4.69, 9.17) is 5.11 Å². The Hall–Kier alpha value is -1.88. The van der Waals surface area contributed by atoms with Gasteiger partial charge >= 0.3 is 0 Å². The zero-order valence-electron chi connectivity index (χ0n) is 8.95. The highest BCUT2D eigenvalue weighted by Crippen LogP contribution is 2.17. The van der Waals surface area contributed by atoms with Gasteiger partial charge in [-0.25, -0.2) is 4.98 Å². The number of rotatable bonds is 3. The molecule has 16 heavy (non-hydrogen) atoms. The molecule has 0 radical (unpaired) electrons. The van der Waals surface area contributed by atoms with Crippen molar-refractivity contribution in [1.29, 1.82) is 0 Å². The first-order chi connectivity index (χ1) is 7.72. The van der Waals surface area contributed by atoms with Crippen molar-refractivity contribution in [2.75, 3.05) is 5.32 Å². The largest absolute Gasteiger partial charge is 0.388 e. The van der Waals surface area contributed by atoms with Crippen LogP contribution in [-0.4, -0.2) is 21.0 Å². The molecule has 0 bridgehead atoms. The van der Waals surface area contributed by atoms with Gasteiger partial charge in [0.05, 0.1) is 11.0 Å². The lowest BCUT2D eigenvalue weighted by atomic mass is 10.2. The standard InChI is InChI=1S/C11H13N3O2/c1-2-11(16)12-7-3-4-8-9(5-7)14-10(6-15)13-8/h3-5,15H,2,6H2,1H3,(H,12,16)(H,13,14). The summed E-state index contributed by atoms with van der Waals surface area (Å²) in [5.41, 5.74) is 2.31. The number of nitrogens with zero attached hydrogens (tertiary/aromatic N) is 1. The van der Waals surface area contributed by atoms with Crippen LogP contribution in [0.2, 0.25) is 0 Å². The average Bonchev–Trinajstić information content (AvgIpc) is 2.71. The van der Waals surface area contributed by atoms with E-state index in [0.717, 1.165) is 16.7 Å². The molecule has 0 aliphatic rings. The van der Waals surface area contributed by atoms with Crippen LogP contribution in [-0.2, 0) is 11.4 Å². The summed E-state index contributed by atoms with van der Waals surface area (Å²) in [7, 11) is 0. The predicted octanol–water partition coefficient (Wildman–Crippen LogP) is 1.40. The zero-order chi connectivity index (χ0) is 11.5. The maximum absolute atomic E-state index is 11.2. The molecule has 2 rings (SSSR count). The van der Waals surface area contributed by atoms with Gasteiger partial charge in [0.1, 0.15) is 12.4 Å². The third kappa shape index (κ3) is 2.04. The topological polar surface area (TPSA) is 78.0 Å². The summed E-state index contributed by atoms with van der Waals surface area (Å²) >= 11 is 0. The molecule has 0 saturated carbocycles. The van der Waals surface area contributed by atoms with E-state index >= 15 is 0 Å². The van der Waals surface area contributed by atoms with E-state index in [9.17, 15) is 4.79 Å². The third-order valence-electron chi connectivity index (χ3n) is 2.29. The highest BCUT2D eigenvalue weighted by atomic mass is 16.3. The number of nitrogens with one attached hydrogen (secondary N) is 2. The smallest absolute Gasteiger partial charge is 0.224 e. The molecule has 2 aromatic rings. The van der Waals surface area contributed by atoms with Gasteiger partial charge in [-0.15, -0.1) is 0 Å². The maximum Gasteiger partial charge on any atom is 0.224 e. The van der Waals surface area contributed by atoms with Crippen LogP contribution in [0, 0.1) is 0 Å². The van der Waals surface area contributed by atoms with E-state index in [0.29, 0.717) is 12.2 Å². The van der Waals surface area contributed by atoms with E-state index in [2.05, 4.69) is 15.3 Å². The Morgan fingerprint density at radius 2 is 2.38 bits per heavy atom. The molecular weight excluding hydrogens is 206 g/mol. The molecule has 0 spiro atoms. The highest BCUT2D eigenvalue weighted by molar-refractivity contribution is 5.92. The number of aromatic nitrogens is 2. The molecule has 1 amide bonds. The molecule has 3 N–H and O–H groups in total. The second kappa shape index (κ2) is 4.32. The first kappa shape index (κ1) is 10.6. The van der Waals surface area contributed by atoms with Crippen LogP contribution in [0.4, 0.5) is 5.69 Å². The van der Waals surface area contributed by atoms with Crippen LogP contribution >= 0.6 is 0 Å². The fraction of sp³-hybridized carbons (Fsp3) is 0.273.